The molecular weight excluding hydrogens is 234 g/mol. The lowest BCUT2D eigenvalue weighted by atomic mass is 9.72. The minimum atomic E-state index is 0.258. The Balaban J connectivity index is 2.61. The van der Waals surface area contributed by atoms with Gasteiger partial charge in [-0.1, -0.05) is 26.7 Å². The van der Waals surface area contributed by atoms with Crippen molar-refractivity contribution in [1.29, 1.82) is 0 Å². The molecule has 0 aromatic heterocycles. The fourth-order valence-corrected chi connectivity index (χ4v) is 3.60. The summed E-state index contributed by atoms with van der Waals surface area (Å²) < 4.78 is 0. The van der Waals surface area contributed by atoms with Gasteiger partial charge in [-0.3, -0.25) is 4.90 Å². The average Bonchev–Trinajstić information content (AvgIpc) is 2.35. The first-order valence-electron chi connectivity index (χ1n) is 7.95. The molecule has 1 fully saturated rings. The van der Waals surface area contributed by atoms with Crippen molar-refractivity contribution in [1.82, 2.24) is 9.80 Å². The van der Waals surface area contributed by atoms with Crippen molar-refractivity contribution in [3.63, 3.8) is 0 Å². The Bertz CT molecular complexity index is 252. The molecule has 1 rings (SSSR count). The molecule has 1 aliphatic carbocycles. The molecule has 19 heavy (non-hydrogen) atoms. The Kier molecular flexibility index (Phi) is 6.78. The number of likely N-dealkylation sites (N-methyl/N-ethyl adjacent to an activating group) is 2. The first-order chi connectivity index (χ1) is 8.89. The fraction of sp³-hybridized carbons (Fsp3) is 1.00. The summed E-state index contributed by atoms with van der Waals surface area (Å²) in [5.74, 6) is 1.68. The van der Waals surface area contributed by atoms with Gasteiger partial charge in [0.25, 0.3) is 0 Å². The van der Waals surface area contributed by atoms with Crippen LogP contribution in [0.2, 0.25) is 0 Å². The summed E-state index contributed by atoms with van der Waals surface area (Å²) in [6, 6.07) is 0. The molecule has 0 spiro atoms. The standard InChI is InChI=1S/C16H35N3/c1-14(2)11-15-7-6-8-16(12-15,13-17)19(5)10-9-18(3)4/h14-15H,6-13,17H2,1-5H3. The zero-order chi connectivity index (χ0) is 14.5. The van der Waals surface area contributed by atoms with Crippen molar-refractivity contribution in [3.8, 4) is 0 Å². The Morgan fingerprint density at radius 3 is 2.42 bits per heavy atom. The third-order valence-electron chi connectivity index (χ3n) is 4.80. The molecule has 0 saturated heterocycles. The van der Waals surface area contributed by atoms with E-state index in [1.54, 1.807) is 0 Å². The molecule has 2 unspecified atom stereocenters. The van der Waals surface area contributed by atoms with Crippen molar-refractivity contribution < 1.29 is 0 Å². The highest BCUT2D eigenvalue weighted by molar-refractivity contribution is 4.95. The molecule has 2 atom stereocenters. The minimum absolute atomic E-state index is 0.258. The van der Waals surface area contributed by atoms with Gasteiger partial charge in [-0.05, 0) is 52.2 Å². The van der Waals surface area contributed by atoms with E-state index in [0.29, 0.717) is 0 Å². The minimum Gasteiger partial charge on any atom is -0.329 e. The van der Waals surface area contributed by atoms with Gasteiger partial charge in [-0.15, -0.1) is 0 Å². The number of nitrogens with two attached hydrogens (primary N) is 1. The van der Waals surface area contributed by atoms with E-state index in [9.17, 15) is 0 Å². The average molecular weight is 269 g/mol. The third-order valence-corrected chi connectivity index (χ3v) is 4.80. The molecule has 0 bridgehead atoms. The second kappa shape index (κ2) is 7.61. The normalized spacial score (nSPS) is 28.6. The van der Waals surface area contributed by atoms with E-state index in [1.807, 2.05) is 0 Å². The summed E-state index contributed by atoms with van der Waals surface area (Å²) >= 11 is 0. The van der Waals surface area contributed by atoms with Crippen molar-refractivity contribution in [2.45, 2.75) is 51.5 Å². The Morgan fingerprint density at radius 2 is 1.89 bits per heavy atom. The van der Waals surface area contributed by atoms with E-state index in [2.05, 4.69) is 44.8 Å². The number of rotatable bonds is 7. The zero-order valence-corrected chi connectivity index (χ0v) is 13.8. The maximum Gasteiger partial charge on any atom is 0.0331 e. The van der Waals surface area contributed by atoms with Gasteiger partial charge >= 0.3 is 0 Å². The van der Waals surface area contributed by atoms with Crippen LogP contribution in [0.4, 0.5) is 0 Å². The van der Waals surface area contributed by atoms with Gasteiger partial charge in [0.1, 0.15) is 0 Å². The molecule has 1 saturated carbocycles. The quantitative estimate of drug-likeness (QED) is 0.770. The van der Waals surface area contributed by atoms with Crippen molar-refractivity contribution in [2.24, 2.45) is 17.6 Å². The van der Waals surface area contributed by atoms with Crippen LogP contribution in [0, 0.1) is 11.8 Å². The van der Waals surface area contributed by atoms with E-state index in [4.69, 9.17) is 5.73 Å². The summed E-state index contributed by atoms with van der Waals surface area (Å²) in [7, 11) is 6.56. The molecule has 0 amide bonds. The van der Waals surface area contributed by atoms with Crippen LogP contribution < -0.4 is 5.73 Å². The van der Waals surface area contributed by atoms with Gasteiger partial charge in [0.15, 0.2) is 0 Å². The number of hydrogen-bond acceptors (Lipinski definition) is 3. The predicted molar refractivity (Wildman–Crippen MR) is 84.4 cm³/mol. The second-order valence-corrected chi connectivity index (χ2v) is 7.25. The van der Waals surface area contributed by atoms with Crippen LogP contribution in [-0.4, -0.2) is 56.1 Å². The molecule has 2 N–H and O–H groups in total. The van der Waals surface area contributed by atoms with Crippen molar-refractivity contribution >= 4 is 0 Å². The monoisotopic (exact) mass is 269 g/mol. The summed E-state index contributed by atoms with van der Waals surface area (Å²) in [5, 5.41) is 0. The Morgan fingerprint density at radius 1 is 1.21 bits per heavy atom. The Labute approximate surface area is 120 Å². The van der Waals surface area contributed by atoms with Gasteiger partial charge in [0.2, 0.25) is 0 Å². The zero-order valence-electron chi connectivity index (χ0n) is 13.8. The van der Waals surface area contributed by atoms with Crippen LogP contribution >= 0.6 is 0 Å². The van der Waals surface area contributed by atoms with Crippen LogP contribution in [0.3, 0.4) is 0 Å². The van der Waals surface area contributed by atoms with Gasteiger partial charge in [0, 0.05) is 25.2 Å². The molecule has 3 heteroatoms. The molecule has 114 valence electrons. The van der Waals surface area contributed by atoms with Gasteiger partial charge in [0.05, 0.1) is 0 Å². The highest BCUT2D eigenvalue weighted by atomic mass is 15.2. The third kappa shape index (κ3) is 5.05. The number of hydrogen-bond donors (Lipinski definition) is 1. The molecule has 0 radical (unpaired) electrons. The predicted octanol–water partition coefficient (Wildman–Crippen LogP) is 2.41. The first-order valence-corrected chi connectivity index (χ1v) is 7.95. The van der Waals surface area contributed by atoms with Crippen LogP contribution in [0.1, 0.15) is 46.0 Å². The van der Waals surface area contributed by atoms with Crippen LogP contribution in [0.25, 0.3) is 0 Å². The SMILES string of the molecule is CC(C)CC1CCCC(CN)(N(C)CCN(C)C)C1. The van der Waals surface area contributed by atoms with Gasteiger partial charge in [-0.25, -0.2) is 0 Å². The van der Waals surface area contributed by atoms with Crippen LogP contribution in [-0.2, 0) is 0 Å². The smallest absolute Gasteiger partial charge is 0.0331 e. The van der Waals surface area contributed by atoms with Crippen LogP contribution in [0.5, 0.6) is 0 Å². The molecule has 0 aromatic rings. The molecule has 1 aliphatic rings. The fourth-order valence-electron chi connectivity index (χ4n) is 3.60. The largest absolute Gasteiger partial charge is 0.329 e. The summed E-state index contributed by atoms with van der Waals surface area (Å²) in [4.78, 5) is 4.80. The summed E-state index contributed by atoms with van der Waals surface area (Å²) in [6.45, 7) is 7.74. The van der Waals surface area contributed by atoms with Gasteiger partial charge < -0.3 is 10.6 Å². The molecule has 3 nitrogen and oxygen atoms in total. The second-order valence-electron chi connectivity index (χ2n) is 7.25. The maximum atomic E-state index is 6.18. The van der Waals surface area contributed by atoms with E-state index >= 15 is 0 Å². The van der Waals surface area contributed by atoms with E-state index in [1.165, 1.54) is 32.1 Å². The molecule has 0 heterocycles. The van der Waals surface area contributed by atoms with E-state index in [-0.39, 0.29) is 5.54 Å². The lowest BCUT2D eigenvalue weighted by molar-refractivity contribution is 0.0477. The van der Waals surface area contributed by atoms with Crippen molar-refractivity contribution in [3.05, 3.63) is 0 Å². The number of nitrogens with zero attached hydrogens (tertiary/aromatic N) is 2. The summed E-state index contributed by atoms with van der Waals surface area (Å²) in [5.41, 5.74) is 6.44. The Hall–Kier alpha value is -0.120. The van der Waals surface area contributed by atoms with E-state index in [0.717, 1.165) is 31.5 Å². The topological polar surface area (TPSA) is 32.5 Å². The first kappa shape index (κ1) is 16.9. The molecule has 0 aromatic carbocycles. The highest BCUT2D eigenvalue weighted by Gasteiger charge is 2.38. The highest BCUT2D eigenvalue weighted by Crippen LogP contribution is 2.38. The van der Waals surface area contributed by atoms with Crippen molar-refractivity contribution in [2.75, 3.05) is 40.8 Å². The lowest BCUT2D eigenvalue weighted by Gasteiger charge is -2.47. The summed E-state index contributed by atoms with van der Waals surface area (Å²) in [6.07, 6.45) is 6.69. The molecule has 0 aliphatic heterocycles. The maximum absolute atomic E-state index is 6.18. The molecular formula is C16H35N3. The van der Waals surface area contributed by atoms with E-state index < -0.39 is 0 Å². The lowest BCUT2D eigenvalue weighted by Crippen LogP contribution is -2.56. The van der Waals surface area contributed by atoms with Crippen LogP contribution in [0.15, 0.2) is 0 Å². The van der Waals surface area contributed by atoms with Gasteiger partial charge in [-0.2, -0.15) is 0 Å².